The summed E-state index contributed by atoms with van der Waals surface area (Å²) >= 11 is 3.43. The minimum atomic E-state index is -0.823. The van der Waals surface area contributed by atoms with E-state index in [1.54, 1.807) is 0 Å². The number of rotatable bonds is 6. The van der Waals surface area contributed by atoms with E-state index in [0.717, 1.165) is 20.9 Å². The van der Waals surface area contributed by atoms with Gasteiger partial charge in [-0.1, -0.05) is 28.1 Å². The van der Waals surface area contributed by atoms with E-state index in [2.05, 4.69) is 21.2 Å². The molecule has 0 spiro atoms. The molecule has 1 amide bonds. The van der Waals surface area contributed by atoms with Crippen LogP contribution in [0.4, 0.5) is 5.69 Å². The Morgan fingerprint density at radius 3 is 2.43 bits per heavy atom. The third kappa shape index (κ3) is 4.86. The van der Waals surface area contributed by atoms with Crippen molar-refractivity contribution >= 4 is 44.3 Å². The maximum Gasteiger partial charge on any atom is 0.303 e. The molecule has 5 heteroatoms. The molecule has 0 saturated heterocycles. The number of fused-ring (bicyclic) bond motifs is 1. The Labute approximate surface area is 131 Å². The minimum absolute atomic E-state index is 0.0862. The normalized spacial score (nSPS) is 10.5. The number of unbranched alkanes of at least 4 members (excludes halogenated alkanes) is 1. The predicted molar refractivity (Wildman–Crippen MR) is 86.4 cm³/mol. The lowest BCUT2D eigenvalue weighted by atomic mass is 10.1. The molecule has 21 heavy (non-hydrogen) atoms. The fourth-order valence-corrected chi connectivity index (χ4v) is 2.46. The van der Waals surface area contributed by atoms with Gasteiger partial charge in [0.25, 0.3) is 0 Å². The summed E-state index contributed by atoms with van der Waals surface area (Å²) in [5.74, 6) is -0.909. The number of carbonyl (C=O) groups is 2. The molecule has 2 N–H and O–H groups in total. The van der Waals surface area contributed by atoms with Crippen LogP contribution in [-0.4, -0.2) is 17.0 Å². The van der Waals surface area contributed by atoms with Crippen molar-refractivity contribution < 1.29 is 14.7 Å². The summed E-state index contributed by atoms with van der Waals surface area (Å²) in [4.78, 5) is 22.2. The van der Waals surface area contributed by atoms with Crippen molar-refractivity contribution in [2.75, 3.05) is 5.32 Å². The molecule has 2 rings (SSSR count). The van der Waals surface area contributed by atoms with E-state index < -0.39 is 5.97 Å². The van der Waals surface area contributed by atoms with Crippen LogP contribution < -0.4 is 5.32 Å². The van der Waals surface area contributed by atoms with Crippen LogP contribution >= 0.6 is 15.9 Å². The highest BCUT2D eigenvalue weighted by atomic mass is 79.9. The van der Waals surface area contributed by atoms with E-state index in [-0.39, 0.29) is 12.3 Å². The lowest BCUT2D eigenvalue weighted by Gasteiger charge is -2.07. The Hall–Kier alpha value is -1.88. The molecule has 2 aromatic carbocycles. The zero-order valence-electron chi connectivity index (χ0n) is 11.4. The number of amides is 1. The zero-order valence-corrected chi connectivity index (χ0v) is 13.0. The Morgan fingerprint density at radius 2 is 1.67 bits per heavy atom. The first-order valence-corrected chi connectivity index (χ1v) is 7.55. The van der Waals surface area contributed by atoms with Gasteiger partial charge in [0, 0.05) is 23.0 Å². The summed E-state index contributed by atoms with van der Waals surface area (Å²) in [6, 6.07) is 11.7. The Bertz CT molecular complexity index is 670. The average molecular weight is 350 g/mol. The summed E-state index contributed by atoms with van der Waals surface area (Å²) in [6.07, 6.45) is 1.55. The molecule has 2 aromatic rings. The van der Waals surface area contributed by atoms with Crippen molar-refractivity contribution in [1.29, 1.82) is 0 Å². The fraction of sp³-hybridized carbons (Fsp3) is 0.250. The molecular formula is C16H16BrNO3. The topological polar surface area (TPSA) is 66.4 Å². The molecule has 0 radical (unpaired) electrons. The van der Waals surface area contributed by atoms with Gasteiger partial charge in [-0.25, -0.2) is 0 Å². The van der Waals surface area contributed by atoms with E-state index >= 15 is 0 Å². The van der Waals surface area contributed by atoms with E-state index in [9.17, 15) is 9.59 Å². The molecule has 0 fully saturated rings. The van der Waals surface area contributed by atoms with Crippen LogP contribution in [0.3, 0.4) is 0 Å². The molecule has 0 aromatic heterocycles. The maximum atomic E-state index is 11.8. The monoisotopic (exact) mass is 349 g/mol. The van der Waals surface area contributed by atoms with Crippen LogP contribution in [0.5, 0.6) is 0 Å². The summed E-state index contributed by atoms with van der Waals surface area (Å²) in [7, 11) is 0. The van der Waals surface area contributed by atoms with Gasteiger partial charge in [0.15, 0.2) is 0 Å². The SMILES string of the molecule is O=C(O)CCCCC(=O)Nc1ccc2cc(Br)ccc2c1. The van der Waals surface area contributed by atoms with Crippen molar-refractivity contribution in [3.05, 3.63) is 40.9 Å². The number of halogens is 1. The largest absolute Gasteiger partial charge is 0.481 e. The van der Waals surface area contributed by atoms with Crippen LogP contribution in [0.2, 0.25) is 0 Å². The highest BCUT2D eigenvalue weighted by molar-refractivity contribution is 9.10. The van der Waals surface area contributed by atoms with Crippen LogP contribution in [0.1, 0.15) is 25.7 Å². The number of benzene rings is 2. The van der Waals surface area contributed by atoms with Gasteiger partial charge in [-0.15, -0.1) is 0 Å². The van der Waals surface area contributed by atoms with Gasteiger partial charge < -0.3 is 10.4 Å². The van der Waals surface area contributed by atoms with Crippen molar-refractivity contribution in [3.8, 4) is 0 Å². The van der Waals surface area contributed by atoms with Gasteiger partial charge in [-0.3, -0.25) is 9.59 Å². The molecule has 0 bridgehead atoms. The first kappa shape index (κ1) is 15.5. The molecule has 0 atom stereocenters. The van der Waals surface area contributed by atoms with E-state index in [1.165, 1.54) is 0 Å². The van der Waals surface area contributed by atoms with Gasteiger partial charge in [0.2, 0.25) is 5.91 Å². The second-order valence-electron chi connectivity index (χ2n) is 4.86. The standard InChI is InChI=1S/C16H16BrNO3/c17-13-7-5-12-10-14(8-6-11(12)9-13)18-15(19)3-1-2-4-16(20)21/h5-10H,1-4H2,(H,18,19)(H,20,21). The average Bonchev–Trinajstić information content (AvgIpc) is 2.43. The third-order valence-corrected chi connectivity index (χ3v) is 3.62. The minimum Gasteiger partial charge on any atom is -0.481 e. The van der Waals surface area contributed by atoms with Crippen molar-refractivity contribution in [2.45, 2.75) is 25.7 Å². The van der Waals surface area contributed by atoms with E-state index in [0.29, 0.717) is 19.3 Å². The summed E-state index contributed by atoms with van der Waals surface area (Å²) in [5.41, 5.74) is 0.757. The zero-order chi connectivity index (χ0) is 15.2. The van der Waals surface area contributed by atoms with E-state index in [4.69, 9.17) is 5.11 Å². The van der Waals surface area contributed by atoms with Gasteiger partial charge in [-0.05, 0) is 47.9 Å². The van der Waals surface area contributed by atoms with Crippen LogP contribution in [-0.2, 0) is 9.59 Å². The van der Waals surface area contributed by atoms with Crippen molar-refractivity contribution in [3.63, 3.8) is 0 Å². The second kappa shape index (κ2) is 7.22. The molecule has 110 valence electrons. The van der Waals surface area contributed by atoms with Crippen LogP contribution in [0, 0.1) is 0 Å². The number of anilines is 1. The lowest BCUT2D eigenvalue weighted by molar-refractivity contribution is -0.137. The van der Waals surface area contributed by atoms with Crippen molar-refractivity contribution in [1.82, 2.24) is 0 Å². The molecule has 0 aliphatic carbocycles. The maximum absolute atomic E-state index is 11.8. The fourth-order valence-electron chi connectivity index (χ4n) is 2.08. The third-order valence-electron chi connectivity index (χ3n) is 3.13. The summed E-state index contributed by atoms with van der Waals surface area (Å²) in [5, 5.41) is 13.5. The number of carboxylic acids is 1. The number of hydrogen-bond donors (Lipinski definition) is 2. The summed E-state index contributed by atoms with van der Waals surface area (Å²) < 4.78 is 1.02. The number of carboxylic acid groups (broad SMARTS) is 1. The highest BCUT2D eigenvalue weighted by Gasteiger charge is 2.04. The number of aliphatic carboxylic acids is 1. The lowest BCUT2D eigenvalue weighted by Crippen LogP contribution is -2.11. The Balaban J connectivity index is 1.92. The molecule has 0 unspecified atom stereocenters. The molecule has 0 saturated carbocycles. The van der Waals surface area contributed by atoms with Gasteiger partial charge in [-0.2, -0.15) is 0 Å². The van der Waals surface area contributed by atoms with Crippen LogP contribution in [0.15, 0.2) is 40.9 Å². The quantitative estimate of drug-likeness (QED) is 0.768. The number of carbonyl (C=O) groups excluding carboxylic acids is 1. The molecule has 4 nitrogen and oxygen atoms in total. The first-order chi connectivity index (χ1) is 10.0. The number of nitrogens with one attached hydrogen (secondary N) is 1. The first-order valence-electron chi connectivity index (χ1n) is 6.75. The summed E-state index contributed by atoms with van der Waals surface area (Å²) in [6.45, 7) is 0. The highest BCUT2D eigenvalue weighted by Crippen LogP contribution is 2.23. The Morgan fingerprint density at radius 1 is 1.00 bits per heavy atom. The van der Waals surface area contributed by atoms with Gasteiger partial charge in [0.05, 0.1) is 0 Å². The smallest absolute Gasteiger partial charge is 0.303 e. The Kier molecular flexibility index (Phi) is 5.33. The van der Waals surface area contributed by atoms with Crippen LogP contribution in [0.25, 0.3) is 10.8 Å². The second-order valence-corrected chi connectivity index (χ2v) is 5.77. The van der Waals surface area contributed by atoms with Gasteiger partial charge >= 0.3 is 5.97 Å². The van der Waals surface area contributed by atoms with Gasteiger partial charge in [0.1, 0.15) is 0 Å². The predicted octanol–water partition coefficient (Wildman–Crippen LogP) is 4.19. The van der Waals surface area contributed by atoms with E-state index in [1.807, 2.05) is 36.4 Å². The molecule has 0 aliphatic heterocycles. The van der Waals surface area contributed by atoms with Crippen molar-refractivity contribution in [2.24, 2.45) is 0 Å². The molecule has 0 aliphatic rings. The molecular weight excluding hydrogens is 334 g/mol. The number of hydrogen-bond acceptors (Lipinski definition) is 2. The molecule has 0 heterocycles.